The van der Waals surface area contributed by atoms with Gasteiger partial charge >= 0.3 is 0 Å². The van der Waals surface area contributed by atoms with Gasteiger partial charge in [0.25, 0.3) is 0 Å². The number of nitrogens with two attached hydrogens (primary N) is 1. The highest BCUT2D eigenvalue weighted by Gasteiger charge is 2.13. The molecule has 43 heavy (non-hydrogen) atoms. The topological polar surface area (TPSA) is 29.3 Å². The Balaban J connectivity index is 1.48. The van der Waals surface area contributed by atoms with Crippen LogP contribution in [0.25, 0.3) is 22.3 Å². The number of anilines is 2. The van der Waals surface area contributed by atoms with E-state index in [4.69, 9.17) is 5.73 Å². The Hall–Kier alpha value is -4.66. The van der Waals surface area contributed by atoms with Gasteiger partial charge in [0, 0.05) is 23.6 Å². The molecule has 0 aromatic heterocycles. The van der Waals surface area contributed by atoms with Crippen LogP contribution in [0.4, 0.5) is 11.4 Å². The number of nitrogens with zero attached hydrogens (tertiary/aromatic N) is 1. The molecule has 0 saturated carbocycles. The van der Waals surface area contributed by atoms with E-state index in [9.17, 15) is 0 Å². The Morgan fingerprint density at radius 1 is 0.837 bits per heavy atom. The van der Waals surface area contributed by atoms with Crippen molar-refractivity contribution in [2.45, 2.75) is 46.1 Å². The molecule has 216 valence electrons. The van der Waals surface area contributed by atoms with Crippen LogP contribution in [0.5, 0.6) is 0 Å². The second-order valence-electron chi connectivity index (χ2n) is 11.0. The molecule has 0 amide bonds. The Morgan fingerprint density at radius 2 is 1.53 bits per heavy atom. The quantitative estimate of drug-likeness (QED) is 0.195. The minimum atomic E-state index is 0.00741. The molecule has 1 unspecified atom stereocenters. The van der Waals surface area contributed by atoms with E-state index in [1.165, 1.54) is 39.0 Å². The minimum absolute atomic E-state index is 0.00741. The minimum Gasteiger partial charge on any atom is -0.324 e. The molecule has 5 rings (SSSR count). The molecule has 0 radical (unpaired) electrons. The zero-order valence-corrected chi connectivity index (χ0v) is 25.6. The Labute approximate surface area is 257 Å². The average Bonchev–Trinajstić information content (AvgIpc) is 3.06. The van der Waals surface area contributed by atoms with Crippen LogP contribution < -0.4 is 10.6 Å². The fourth-order valence-corrected chi connectivity index (χ4v) is 5.53. The van der Waals surface area contributed by atoms with Gasteiger partial charge < -0.3 is 10.6 Å². The fraction of sp³-hybridized carbons (Fsp3) is 0.171. The van der Waals surface area contributed by atoms with E-state index in [-0.39, 0.29) is 6.04 Å². The molecule has 2 heteroatoms. The SMILES string of the molecule is C/C=C\C(=C/C)c1cc(-c2ccc(N(/C=C\Cc3ccccc3)c3ccc(C(C)N)cc3)cc2)ccc1C1=CCCC=C1. The maximum Gasteiger partial charge on any atom is 0.0455 e. The third-order valence-electron chi connectivity index (χ3n) is 7.92. The number of benzene rings is 4. The number of rotatable bonds is 10. The first-order valence-electron chi connectivity index (χ1n) is 15.3. The van der Waals surface area contributed by atoms with E-state index in [0.717, 1.165) is 36.2 Å². The maximum absolute atomic E-state index is 6.13. The lowest BCUT2D eigenvalue weighted by Gasteiger charge is -2.22. The summed E-state index contributed by atoms with van der Waals surface area (Å²) in [6.07, 6.45) is 20.9. The van der Waals surface area contributed by atoms with Gasteiger partial charge in [-0.05, 0) is 115 Å². The van der Waals surface area contributed by atoms with Gasteiger partial charge in [0.2, 0.25) is 0 Å². The van der Waals surface area contributed by atoms with Crippen LogP contribution in [0, 0.1) is 0 Å². The molecule has 0 fully saturated rings. The van der Waals surface area contributed by atoms with Crippen molar-refractivity contribution in [3.05, 3.63) is 168 Å². The molecule has 1 aliphatic rings. The van der Waals surface area contributed by atoms with Crippen molar-refractivity contribution in [3.8, 4) is 11.1 Å². The molecule has 0 saturated heterocycles. The average molecular weight is 563 g/mol. The van der Waals surface area contributed by atoms with Crippen LogP contribution in [-0.4, -0.2) is 0 Å². The third-order valence-corrected chi connectivity index (χ3v) is 7.92. The summed E-state index contributed by atoms with van der Waals surface area (Å²) in [4.78, 5) is 2.25. The number of hydrogen-bond acceptors (Lipinski definition) is 2. The summed E-state index contributed by atoms with van der Waals surface area (Å²) < 4.78 is 0. The summed E-state index contributed by atoms with van der Waals surface area (Å²) in [5.41, 5.74) is 18.3. The van der Waals surface area contributed by atoms with E-state index in [0.29, 0.717) is 0 Å². The van der Waals surface area contributed by atoms with Crippen LogP contribution in [-0.2, 0) is 6.42 Å². The summed E-state index contributed by atoms with van der Waals surface area (Å²) >= 11 is 0. The van der Waals surface area contributed by atoms with Crippen molar-refractivity contribution >= 4 is 22.5 Å². The molecule has 1 aliphatic carbocycles. The van der Waals surface area contributed by atoms with Gasteiger partial charge in [-0.15, -0.1) is 0 Å². The molecule has 2 nitrogen and oxygen atoms in total. The molecule has 0 heterocycles. The van der Waals surface area contributed by atoms with Crippen molar-refractivity contribution < 1.29 is 0 Å². The van der Waals surface area contributed by atoms with Crippen molar-refractivity contribution in [2.24, 2.45) is 5.73 Å². The van der Waals surface area contributed by atoms with Gasteiger partial charge in [-0.2, -0.15) is 0 Å². The van der Waals surface area contributed by atoms with Crippen LogP contribution in [0.2, 0.25) is 0 Å². The van der Waals surface area contributed by atoms with Gasteiger partial charge in [0.05, 0.1) is 0 Å². The largest absolute Gasteiger partial charge is 0.324 e. The van der Waals surface area contributed by atoms with Crippen LogP contribution in [0.3, 0.4) is 0 Å². The van der Waals surface area contributed by atoms with Gasteiger partial charge in [0.1, 0.15) is 0 Å². The Bertz CT molecular complexity index is 1650. The van der Waals surface area contributed by atoms with E-state index >= 15 is 0 Å². The smallest absolute Gasteiger partial charge is 0.0455 e. The summed E-state index contributed by atoms with van der Waals surface area (Å²) in [5, 5.41) is 0. The zero-order chi connectivity index (χ0) is 30.0. The lowest BCUT2D eigenvalue weighted by Crippen LogP contribution is -2.10. The maximum atomic E-state index is 6.13. The lowest BCUT2D eigenvalue weighted by atomic mass is 9.88. The first-order chi connectivity index (χ1) is 21.1. The molecule has 0 spiro atoms. The highest BCUT2D eigenvalue weighted by Crippen LogP contribution is 2.35. The second-order valence-corrected chi connectivity index (χ2v) is 11.0. The fourth-order valence-electron chi connectivity index (χ4n) is 5.53. The van der Waals surface area contributed by atoms with Crippen LogP contribution in [0.15, 0.2) is 146 Å². The van der Waals surface area contributed by atoms with Crippen LogP contribution >= 0.6 is 0 Å². The molecule has 1 atom stereocenters. The van der Waals surface area contributed by atoms with E-state index < -0.39 is 0 Å². The highest BCUT2D eigenvalue weighted by atomic mass is 15.1. The van der Waals surface area contributed by atoms with Gasteiger partial charge in [-0.3, -0.25) is 0 Å². The molecule has 4 aromatic carbocycles. The highest BCUT2D eigenvalue weighted by molar-refractivity contribution is 5.89. The molecule has 0 bridgehead atoms. The summed E-state index contributed by atoms with van der Waals surface area (Å²) in [6.45, 7) is 6.21. The van der Waals surface area contributed by atoms with E-state index in [2.05, 4.69) is 165 Å². The first kappa shape index (κ1) is 29.8. The predicted molar refractivity (Wildman–Crippen MR) is 187 cm³/mol. The monoisotopic (exact) mass is 562 g/mol. The van der Waals surface area contributed by atoms with Gasteiger partial charge in [0.15, 0.2) is 0 Å². The molecular formula is C41H42N2. The molecule has 0 aliphatic heterocycles. The van der Waals surface area contributed by atoms with Crippen molar-refractivity contribution in [2.75, 3.05) is 4.90 Å². The standard InChI is InChI=1S/C41H42N2/c1-4-13-33(5-2)41-30-37(23-28-40(41)36-17-10-7-11-18-36)35-21-26-39(27-22-35)43(29-12-16-32-14-8-6-9-15-32)38-24-19-34(20-25-38)31(3)42/h4-6,8-10,12-15,17-31H,7,11,16,42H2,1-3H3/b13-4-,29-12-,33-5+. The van der Waals surface area contributed by atoms with Gasteiger partial charge in [-0.1, -0.05) is 109 Å². The normalized spacial score (nSPS) is 14.3. The van der Waals surface area contributed by atoms with Crippen molar-refractivity contribution in [3.63, 3.8) is 0 Å². The summed E-state index contributed by atoms with van der Waals surface area (Å²) in [6, 6.07) is 34.9. The van der Waals surface area contributed by atoms with Crippen LogP contribution in [0.1, 0.15) is 61.9 Å². The van der Waals surface area contributed by atoms with E-state index in [1.54, 1.807) is 0 Å². The Kier molecular flexibility index (Phi) is 10.0. The second kappa shape index (κ2) is 14.5. The first-order valence-corrected chi connectivity index (χ1v) is 15.3. The van der Waals surface area contributed by atoms with Crippen molar-refractivity contribution in [1.29, 1.82) is 0 Å². The lowest BCUT2D eigenvalue weighted by molar-refractivity contribution is 0.818. The molecular weight excluding hydrogens is 520 g/mol. The summed E-state index contributed by atoms with van der Waals surface area (Å²) in [7, 11) is 0. The predicted octanol–water partition coefficient (Wildman–Crippen LogP) is 11.0. The van der Waals surface area contributed by atoms with Gasteiger partial charge in [-0.25, -0.2) is 0 Å². The van der Waals surface area contributed by atoms with Crippen molar-refractivity contribution in [1.82, 2.24) is 0 Å². The zero-order valence-electron chi connectivity index (χ0n) is 25.6. The summed E-state index contributed by atoms with van der Waals surface area (Å²) in [5.74, 6) is 0. The third kappa shape index (κ3) is 7.41. The number of allylic oxidation sites excluding steroid dienone is 9. The molecule has 2 N–H and O–H groups in total. The van der Waals surface area contributed by atoms with E-state index in [1.807, 2.05) is 6.92 Å². The Morgan fingerprint density at radius 3 is 2.16 bits per heavy atom. The molecule has 4 aromatic rings. The number of hydrogen-bond donors (Lipinski definition) is 1.